The minimum Gasteiger partial charge on any atom is -0.399 e. The first-order chi connectivity index (χ1) is 8.28. The second-order valence-electron chi connectivity index (χ2n) is 6.62. The highest BCUT2D eigenvalue weighted by molar-refractivity contribution is 5.39. The molecule has 0 fully saturated rings. The summed E-state index contributed by atoms with van der Waals surface area (Å²) in [6.45, 7) is 13.6. The van der Waals surface area contributed by atoms with Crippen LogP contribution >= 0.6 is 0 Å². The number of nitrogens with two attached hydrogens (primary N) is 1. The molecule has 18 heavy (non-hydrogen) atoms. The zero-order chi connectivity index (χ0) is 13.8. The van der Waals surface area contributed by atoms with Crippen LogP contribution in [0.1, 0.15) is 46.6 Å². The molecular weight excluding hydrogens is 220 g/mol. The Bertz CT molecular complexity index is 346. The Morgan fingerprint density at radius 2 is 1.67 bits per heavy atom. The van der Waals surface area contributed by atoms with Crippen LogP contribution in [0.4, 0.5) is 5.69 Å². The second-order valence-corrected chi connectivity index (χ2v) is 6.62. The van der Waals surface area contributed by atoms with Crippen LogP contribution in [-0.2, 0) is 6.54 Å². The predicted octanol–water partition coefficient (Wildman–Crippen LogP) is 3.92. The smallest absolute Gasteiger partial charge is 0.0314 e. The highest BCUT2D eigenvalue weighted by Crippen LogP contribution is 2.20. The maximum absolute atomic E-state index is 5.72. The number of hydrogen-bond donors (Lipinski definition) is 1. The predicted molar refractivity (Wildman–Crippen MR) is 80.5 cm³/mol. The monoisotopic (exact) mass is 248 g/mol. The van der Waals surface area contributed by atoms with E-state index in [0.29, 0.717) is 11.5 Å². The molecule has 0 saturated carbocycles. The fraction of sp³-hybridized carbons (Fsp3) is 0.625. The molecule has 0 aliphatic rings. The first-order valence-corrected chi connectivity index (χ1v) is 6.86. The maximum Gasteiger partial charge on any atom is 0.0314 e. The van der Waals surface area contributed by atoms with Crippen molar-refractivity contribution in [2.75, 3.05) is 12.3 Å². The molecule has 0 atom stereocenters. The summed E-state index contributed by atoms with van der Waals surface area (Å²) in [7, 11) is 0. The van der Waals surface area contributed by atoms with Gasteiger partial charge in [0.1, 0.15) is 0 Å². The molecule has 1 aromatic carbocycles. The quantitative estimate of drug-likeness (QED) is 0.800. The molecule has 0 unspecified atom stereocenters. The van der Waals surface area contributed by atoms with E-state index in [4.69, 9.17) is 5.73 Å². The van der Waals surface area contributed by atoms with Crippen LogP contribution < -0.4 is 5.73 Å². The Labute approximate surface area is 112 Å². The van der Waals surface area contributed by atoms with Crippen molar-refractivity contribution in [3.8, 4) is 0 Å². The van der Waals surface area contributed by atoms with Crippen molar-refractivity contribution in [2.45, 2.75) is 53.6 Å². The molecular formula is C16H28N2. The first kappa shape index (κ1) is 15.0. The summed E-state index contributed by atoms with van der Waals surface area (Å²) >= 11 is 0. The number of rotatable bonds is 5. The van der Waals surface area contributed by atoms with E-state index >= 15 is 0 Å². The topological polar surface area (TPSA) is 29.3 Å². The molecule has 1 rings (SSSR count). The van der Waals surface area contributed by atoms with Crippen molar-refractivity contribution in [2.24, 2.45) is 5.41 Å². The normalized spacial score (nSPS) is 12.4. The van der Waals surface area contributed by atoms with Gasteiger partial charge in [0.15, 0.2) is 0 Å². The van der Waals surface area contributed by atoms with Gasteiger partial charge >= 0.3 is 0 Å². The van der Waals surface area contributed by atoms with Crippen molar-refractivity contribution in [3.63, 3.8) is 0 Å². The second kappa shape index (κ2) is 6.24. The van der Waals surface area contributed by atoms with Gasteiger partial charge < -0.3 is 5.73 Å². The molecule has 0 amide bonds. The first-order valence-electron chi connectivity index (χ1n) is 6.86. The lowest BCUT2D eigenvalue weighted by atomic mass is 9.92. The van der Waals surface area contributed by atoms with Crippen molar-refractivity contribution < 1.29 is 0 Å². The van der Waals surface area contributed by atoms with Gasteiger partial charge in [-0.3, -0.25) is 4.90 Å². The molecule has 0 saturated heterocycles. The van der Waals surface area contributed by atoms with Crippen LogP contribution in [0.3, 0.4) is 0 Å². The zero-order valence-corrected chi connectivity index (χ0v) is 12.5. The van der Waals surface area contributed by atoms with E-state index in [9.17, 15) is 0 Å². The standard InChI is InChI=1S/C16H28N2/c1-13(2)18(11-10-16(3,4)5)12-14-6-8-15(17)9-7-14/h6-9,13H,10-12,17H2,1-5H3. The molecule has 0 heterocycles. The van der Waals surface area contributed by atoms with Gasteiger partial charge in [0.2, 0.25) is 0 Å². The summed E-state index contributed by atoms with van der Waals surface area (Å²) in [6, 6.07) is 8.80. The number of nitrogen functional groups attached to an aromatic ring is 1. The zero-order valence-electron chi connectivity index (χ0n) is 12.5. The van der Waals surface area contributed by atoms with Gasteiger partial charge in [-0.1, -0.05) is 32.9 Å². The van der Waals surface area contributed by atoms with Crippen LogP contribution in [0.25, 0.3) is 0 Å². The molecule has 0 aromatic heterocycles. The number of hydrogen-bond acceptors (Lipinski definition) is 2. The molecule has 0 aliphatic heterocycles. The minimum absolute atomic E-state index is 0.397. The van der Waals surface area contributed by atoms with Gasteiger partial charge in [0, 0.05) is 18.3 Å². The fourth-order valence-electron chi connectivity index (χ4n) is 1.86. The van der Waals surface area contributed by atoms with Crippen molar-refractivity contribution in [1.82, 2.24) is 4.90 Å². The van der Waals surface area contributed by atoms with Gasteiger partial charge in [-0.25, -0.2) is 0 Å². The summed E-state index contributed by atoms with van der Waals surface area (Å²) in [5.41, 5.74) is 8.29. The highest BCUT2D eigenvalue weighted by atomic mass is 15.1. The van der Waals surface area contributed by atoms with E-state index in [-0.39, 0.29) is 0 Å². The number of anilines is 1. The Hall–Kier alpha value is -1.02. The molecule has 0 radical (unpaired) electrons. The van der Waals surface area contributed by atoms with Crippen LogP contribution in [0.5, 0.6) is 0 Å². The summed E-state index contributed by atoms with van der Waals surface area (Å²) in [6.07, 6.45) is 1.22. The third-order valence-corrected chi connectivity index (χ3v) is 3.24. The average Bonchev–Trinajstić information content (AvgIpc) is 2.25. The average molecular weight is 248 g/mol. The molecule has 0 aliphatic carbocycles. The number of benzene rings is 1. The maximum atomic E-state index is 5.72. The lowest BCUT2D eigenvalue weighted by Crippen LogP contribution is -2.33. The summed E-state index contributed by atoms with van der Waals surface area (Å²) in [4.78, 5) is 2.52. The lowest BCUT2D eigenvalue weighted by molar-refractivity contribution is 0.181. The van der Waals surface area contributed by atoms with Crippen molar-refractivity contribution in [1.29, 1.82) is 0 Å². The lowest BCUT2D eigenvalue weighted by Gasteiger charge is -2.30. The summed E-state index contributed by atoms with van der Waals surface area (Å²) in [5.74, 6) is 0. The van der Waals surface area contributed by atoms with Crippen molar-refractivity contribution in [3.05, 3.63) is 29.8 Å². The van der Waals surface area contributed by atoms with E-state index in [1.807, 2.05) is 12.1 Å². The van der Waals surface area contributed by atoms with Crippen molar-refractivity contribution >= 4 is 5.69 Å². The largest absolute Gasteiger partial charge is 0.399 e. The third kappa shape index (κ3) is 5.54. The fourth-order valence-corrected chi connectivity index (χ4v) is 1.86. The van der Waals surface area contributed by atoms with E-state index in [0.717, 1.165) is 18.8 Å². The van der Waals surface area contributed by atoms with Gasteiger partial charge in [0.25, 0.3) is 0 Å². The number of nitrogens with zero attached hydrogens (tertiary/aromatic N) is 1. The van der Waals surface area contributed by atoms with Crippen LogP contribution in [0.15, 0.2) is 24.3 Å². The van der Waals surface area contributed by atoms with Crippen LogP contribution in [0.2, 0.25) is 0 Å². The SMILES string of the molecule is CC(C)N(CCC(C)(C)C)Cc1ccc(N)cc1. The molecule has 0 bridgehead atoms. The van der Waals surface area contributed by atoms with Crippen LogP contribution in [0, 0.1) is 5.41 Å². The Morgan fingerprint density at radius 1 is 1.11 bits per heavy atom. The third-order valence-electron chi connectivity index (χ3n) is 3.24. The molecule has 1 aromatic rings. The molecule has 2 nitrogen and oxygen atoms in total. The van der Waals surface area contributed by atoms with E-state index in [2.05, 4.69) is 51.7 Å². The Morgan fingerprint density at radius 3 is 2.11 bits per heavy atom. The van der Waals surface area contributed by atoms with E-state index in [1.165, 1.54) is 12.0 Å². The molecule has 0 spiro atoms. The van der Waals surface area contributed by atoms with Gasteiger partial charge in [-0.15, -0.1) is 0 Å². The Balaban J connectivity index is 2.60. The van der Waals surface area contributed by atoms with E-state index in [1.54, 1.807) is 0 Å². The highest BCUT2D eigenvalue weighted by Gasteiger charge is 2.15. The minimum atomic E-state index is 0.397. The van der Waals surface area contributed by atoms with Crippen LogP contribution in [-0.4, -0.2) is 17.5 Å². The molecule has 2 N–H and O–H groups in total. The Kier molecular flexibility index (Phi) is 5.21. The molecule has 2 heteroatoms. The van der Waals surface area contributed by atoms with Gasteiger partial charge in [0.05, 0.1) is 0 Å². The summed E-state index contributed by atoms with van der Waals surface area (Å²) < 4.78 is 0. The molecule has 102 valence electrons. The van der Waals surface area contributed by atoms with E-state index < -0.39 is 0 Å². The van der Waals surface area contributed by atoms with Gasteiger partial charge in [-0.05, 0) is 49.9 Å². The summed E-state index contributed by atoms with van der Waals surface area (Å²) in [5, 5.41) is 0. The van der Waals surface area contributed by atoms with Gasteiger partial charge in [-0.2, -0.15) is 0 Å².